The van der Waals surface area contributed by atoms with Crippen molar-refractivity contribution in [3.8, 4) is 0 Å². The van der Waals surface area contributed by atoms with E-state index in [0.29, 0.717) is 6.54 Å². The minimum absolute atomic E-state index is 0.0111. The molecule has 0 radical (unpaired) electrons. The highest BCUT2D eigenvalue weighted by Gasteiger charge is 2.42. The molecule has 0 aliphatic carbocycles. The van der Waals surface area contributed by atoms with Crippen molar-refractivity contribution in [2.75, 3.05) is 19.6 Å². The first kappa shape index (κ1) is 15.4. The molecular weight excluding hydrogens is 307 g/mol. The zero-order valence-corrected chi connectivity index (χ0v) is 13.0. The zero-order valence-electron chi connectivity index (χ0n) is 12.2. The van der Waals surface area contributed by atoms with Gasteiger partial charge in [0.15, 0.2) is 0 Å². The molecule has 0 spiro atoms. The van der Waals surface area contributed by atoms with E-state index >= 15 is 0 Å². The summed E-state index contributed by atoms with van der Waals surface area (Å²) in [5.41, 5.74) is 1.21. The molecule has 1 amide bonds. The Morgan fingerprint density at radius 2 is 1.91 bits per heavy atom. The third-order valence-electron chi connectivity index (χ3n) is 4.46. The third-order valence-corrected chi connectivity index (χ3v) is 5.57. The number of carbonyl (C=O) groups is 1. The van der Waals surface area contributed by atoms with Gasteiger partial charge in [-0.15, -0.1) is 3.89 Å². The van der Waals surface area contributed by atoms with Crippen LogP contribution in [0.25, 0.3) is 0 Å². The average molecular weight is 326 g/mol. The molecule has 2 unspecified atom stereocenters. The molecule has 2 atom stereocenters. The minimum atomic E-state index is -4.64. The van der Waals surface area contributed by atoms with E-state index in [1.54, 1.807) is 4.90 Å². The molecule has 0 N–H and O–H groups in total. The van der Waals surface area contributed by atoms with Gasteiger partial charge in [-0.25, -0.2) is 0 Å². The van der Waals surface area contributed by atoms with Crippen molar-refractivity contribution < 1.29 is 17.1 Å². The fraction of sp³-hybridized carbons (Fsp3) is 0.533. The first-order chi connectivity index (χ1) is 10.4. The van der Waals surface area contributed by atoms with E-state index in [1.807, 2.05) is 18.2 Å². The molecule has 0 bridgehead atoms. The standard InChI is InChI=1S/C15H19FN2O3S/c16-22(20,21)14-8-15(19)18(11-14)13-6-7-17(10-13)9-12-4-2-1-3-5-12/h1-5,13-14H,6-11H2. The van der Waals surface area contributed by atoms with Crippen LogP contribution in [-0.2, 0) is 21.6 Å². The Hall–Kier alpha value is -1.47. The fourth-order valence-electron chi connectivity index (χ4n) is 3.29. The van der Waals surface area contributed by atoms with Crippen LogP contribution in [-0.4, -0.2) is 55.1 Å². The summed E-state index contributed by atoms with van der Waals surface area (Å²) in [6.07, 6.45) is 0.575. The van der Waals surface area contributed by atoms with E-state index < -0.39 is 15.5 Å². The van der Waals surface area contributed by atoms with Crippen molar-refractivity contribution in [1.29, 1.82) is 0 Å². The van der Waals surface area contributed by atoms with Crippen LogP contribution in [0.1, 0.15) is 18.4 Å². The third kappa shape index (κ3) is 3.30. The van der Waals surface area contributed by atoms with Gasteiger partial charge in [0.05, 0.1) is 0 Å². The van der Waals surface area contributed by atoms with E-state index in [0.717, 1.165) is 19.5 Å². The van der Waals surface area contributed by atoms with Crippen LogP contribution >= 0.6 is 0 Å². The molecule has 2 heterocycles. The lowest BCUT2D eigenvalue weighted by atomic mass is 10.2. The molecule has 5 nitrogen and oxygen atoms in total. The van der Waals surface area contributed by atoms with Crippen LogP contribution in [0.4, 0.5) is 3.89 Å². The van der Waals surface area contributed by atoms with Gasteiger partial charge in [-0.05, 0) is 12.0 Å². The monoisotopic (exact) mass is 326 g/mol. The maximum Gasteiger partial charge on any atom is 0.307 e. The van der Waals surface area contributed by atoms with Gasteiger partial charge >= 0.3 is 10.2 Å². The zero-order chi connectivity index (χ0) is 15.7. The van der Waals surface area contributed by atoms with Crippen LogP contribution in [0.15, 0.2) is 30.3 Å². The van der Waals surface area contributed by atoms with Crippen molar-refractivity contribution in [2.24, 2.45) is 0 Å². The molecule has 7 heteroatoms. The summed E-state index contributed by atoms with van der Waals surface area (Å²) in [5, 5.41) is -1.19. The van der Waals surface area contributed by atoms with E-state index in [1.165, 1.54) is 5.56 Å². The second-order valence-electron chi connectivity index (χ2n) is 6.01. The van der Waals surface area contributed by atoms with E-state index in [4.69, 9.17) is 0 Å². The summed E-state index contributed by atoms with van der Waals surface area (Å²) in [6, 6.07) is 10.0. The number of amides is 1. The highest BCUT2D eigenvalue weighted by Crippen LogP contribution is 2.26. The van der Waals surface area contributed by atoms with Crippen LogP contribution < -0.4 is 0 Å². The summed E-state index contributed by atoms with van der Waals surface area (Å²) in [6.45, 7) is 2.36. The maximum absolute atomic E-state index is 13.1. The molecule has 1 aromatic rings. The minimum Gasteiger partial charge on any atom is -0.337 e. The van der Waals surface area contributed by atoms with Gasteiger partial charge in [0.2, 0.25) is 5.91 Å². The number of benzene rings is 1. The van der Waals surface area contributed by atoms with Gasteiger partial charge in [0.1, 0.15) is 5.25 Å². The summed E-state index contributed by atoms with van der Waals surface area (Å²) < 4.78 is 35.1. The van der Waals surface area contributed by atoms with E-state index in [9.17, 15) is 17.1 Å². The van der Waals surface area contributed by atoms with Gasteiger partial charge < -0.3 is 4.90 Å². The normalized spacial score (nSPS) is 26.8. The SMILES string of the molecule is O=C1CC(S(=O)(=O)F)CN1C1CCN(Cc2ccccc2)C1. The summed E-state index contributed by atoms with van der Waals surface area (Å²) in [7, 11) is -4.64. The Bertz CT molecular complexity index is 650. The molecule has 2 saturated heterocycles. The van der Waals surface area contributed by atoms with Crippen LogP contribution in [0.3, 0.4) is 0 Å². The Morgan fingerprint density at radius 3 is 2.55 bits per heavy atom. The number of hydrogen-bond acceptors (Lipinski definition) is 4. The van der Waals surface area contributed by atoms with Crippen molar-refractivity contribution in [2.45, 2.75) is 30.7 Å². The van der Waals surface area contributed by atoms with Crippen LogP contribution in [0, 0.1) is 0 Å². The van der Waals surface area contributed by atoms with E-state index in [2.05, 4.69) is 17.0 Å². The first-order valence-electron chi connectivity index (χ1n) is 7.42. The van der Waals surface area contributed by atoms with Crippen molar-refractivity contribution in [1.82, 2.24) is 9.80 Å². The number of likely N-dealkylation sites (tertiary alicyclic amines) is 2. The van der Waals surface area contributed by atoms with Gasteiger partial charge in [-0.1, -0.05) is 30.3 Å². The largest absolute Gasteiger partial charge is 0.337 e. The number of hydrogen-bond donors (Lipinski definition) is 0. The first-order valence-corrected chi connectivity index (χ1v) is 8.87. The Balaban J connectivity index is 1.60. The number of halogens is 1. The second-order valence-corrected chi connectivity index (χ2v) is 7.63. The number of nitrogens with zero attached hydrogens (tertiary/aromatic N) is 2. The lowest BCUT2D eigenvalue weighted by molar-refractivity contribution is -0.129. The molecule has 0 aromatic heterocycles. The topological polar surface area (TPSA) is 57.7 Å². The molecule has 22 heavy (non-hydrogen) atoms. The lowest BCUT2D eigenvalue weighted by Crippen LogP contribution is -2.39. The predicted octanol–water partition coefficient (Wildman–Crippen LogP) is 1.16. The highest BCUT2D eigenvalue weighted by molar-refractivity contribution is 7.87. The van der Waals surface area contributed by atoms with Crippen LogP contribution in [0.5, 0.6) is 0 Å². The molecule has 2 aliphatic heterocycles. The maximum atomic E-state index is 13.1. The molecule has 3 rings (SSSR count). The number of carbonyl (C=O) groups excluding carboxylic acids is 1. The Morgan fingerprint density at radius 1 is 1.18 bits per heavy atom. The second kappa shape index (κ2) is 5.96. The van der Waals surface area contributed by atoms with Crippen LogP contribution in [0.2, 0.25) is 0 Å². The Labute approximate surface area is 129 Å². The van der Waals surface area contributed by atoms with Crippen molar-refractivity contribution in [3.05, 3.63) is 35.9 Å². The van der Waals surface area contributed by atoms with Gasteiger partial charge in [-0.2, -0.15) is 8.42 Å². The van der Waals surface area contributed by atoms with Gasteiger partial charge in [-0.3, -0.25) is 9.69 Å². The molecule has 0 saturated carbocycles. The predicted molar refractivity (Wildman–Crippen MR) is 80.3 cm³/mol. The summed E-state index contributed by atoms with van der Waals surface area (Å²) >= 11 is 0. The quantitative estimate of drug-likeness (QED) is 0.779. The smallest absolute Gasteiger partial charge is 0.307 e. The molecule has 2 aliphatic rings. The van der Waals surface area contributed by atoms with Crippen molar-refractivity contribution in [3.63, 3.8) is 0 Å². The average Bonchev–Trinajstić information content (AvgIpc) is 3.06. The lowest BCUT2D eigenvalue weighted by Gasteiger charge is -2.24. The van der Waals surface area contributed by atoms with Gasteiger partial charge in [0, 0.05) is 38.6 Å². The molecule has 120 valence electrons. The summed E-state index contributed by atoms with van der Waals surface area (Å²) in [4.78, 5) is 15.7. The van der Waals surface area contributed by atoms with E-state index in [-0.39, 0.29) is 24.9 Å². The molecule has 1 aromatic carbocycles. The summed E-state index contributed by atoms with van der Waals surface area (Å²) in [5.74, 6) is -0.252. The Kier molecular flexibility index (Phi) is 4.18. The van der Waals surface area contributed by atoms with Crippen molar-refractivity contribution >= 4 is 16.1 Å². The fourth-order valence-corrected chi connectivity index (χ4v) is 3.97. The highest BCUT2D eigenvalue weighted by atomic mass is 32.3. The number of rotatable bonds is 4. The molecular formula is C15H19FN2O3S. The van der Waals surface area contributed by atoms with Gasteiger partial charge in [0.25, 0.3) is 0 Å². The molecule has 2 fully saturated rings.